The van der Waals surface area contributed by atoms with Crippen LogP contribution in [-0.4, -0.2) is 23.0 Å². The van der Waals surface area contributed by atoms with Crippen LogP contribution in [0.4, 0.5) is 18.9 Å². The van der Waals surface area contributed by atoms with Crippen LogP contribution in [0, 0.1) is 0 Å². The summed E-state index contributed by atoms with van der Waals surface area (Å²) in [4.78, 5) is 11.2. The molecule has 1 aromatic carbocycles. The normalized spacial score (nSPS) is 12.4. The maximum absolute atomic E-state index is 12.9. The first-order valence-corrected chi connectivity index (χ1v) is 5.68. The van der Waals surface area contributed by atoms with E-state index in [4.69, 9.17) is 5.11 Å². The number of alkyl halides is 3. The van der Waals surface area contributed by atoms with Crippen LogP contribution in [0.1, 0.15) is 36.7 Å². The number of rotatable bonds is 4. The van der Waals surface area contributed by atoms with Gasteiger partial charge in [-0.2, -0.15) is 13.2 Å². The molecule has 0 unspecified atom stereocenters. The maximum Gasteiger partial charge on any atom is 0.417 e. The number of Topliss-reactive ketones (excluding diaryl/α,β-unsaturated/α-hetero) is 1. The molecule has 0 amide bonds. The minimum absolute atomic E-state index is 0.205. The molecule has 1 aromatic rings. The van der Waals surface area contributed by atoms with Gasteiger partial charge in [-0.3, -0.25) is 4.79 Å². The van der Waals surface area contributed by atoms with Crippen molar-refractivity contribution in [3.05, 3.63) is 29.3 Å². The Balaban J connectivity index is 3.23. The van der Waals surface area contributed by atoms with Crippen molar-refractivity contribution in [3.63, 3.8) is 0 Å². The van der Waals surface area contributed by atoms with Gasteiger partial charge in [0.1, 0.15) is 0 Å². The topological polar surface area (TPSA) is 49.3 Å². The van der Waals surface area contributed by atoms with Crippen molar-refractivity contribution in [3.8, 4) is 0 Å². The van der Waals surface area contributed by atoms with Gasteiger partial charge < -0.3 is 10.4 Å². The molecule has 0 aliphatic heterocycles. The largest absolute Gasteiger partial charge is 0.417 e. The molecule has 106 valence electrons. The molecule has 3 nitrogen and oxygen atoms in total. The molecule has 0 spiro atoms. The van der Waals surface area contributed by atoms with Gasteiger partial charge in [0.2, 0.25) is 0 Å². The molecule has 0 aliphatic carbocycles. The molecule has 0 saturated heterocycles. The van der Waals surface area contributed by atoms with E-state index in [0.717, 1.165) is 19.1 Å². The van der Waals surface area contributed by atoms with Gasteiger partial charge in [-0.25, -0.2) is 0 Å². The lowest BCUT2D eigenvalue weighted by atomic mass is 10.0. The molecule has 0 atom stereocenters. The van der Waals surface area contributed by atoms with Crippen LogP contribution in [0.25, 0.3) is 0 Å². The van der Waals surface area contributed by atoms with Crippen LogP contribution >= 0.6 is 0 Å². The smallest absolute Gasteiger partial charge is 0.394 e. The molecule has 19 heavy (non-hydrogen) atoms. The first kappa shape index (κ1) is 15.5. The highest BCUT2D eigenvalue weighted by molar-refractivity contribution is 5.96. The molecule has 0 radical (unpaired) electrons. The quantitative estimate of drug-likeness (QED) is 0.830. The van der Waals surface area contributed by atoms with E-state index in [-0.39, 0.29) is 17.9 Å². The van der Waals surface area contributed by atoms with Crippen LogP contribution in [-0.2, 0) is 6.18 Å². The molecule has 1 rings (SSSR count). The van der Waals surface area contributed by atoms with E-state index in [9.17, 15) is 18.0 Å². The molecule has 0 heterocycles. The standard InChI is InChI=1S/C13H16F3NO2/c1-8(19)10-5-4-9(17-12(2,3)7-18)6-11(10)13(14,15)16/h4-6,17-18H,7H2,1-3H3. The first-order valence-electron chi connectivity index (χ1n) is 5.68. The predicted molar refractivity (Wildman–Crippen MR) is 66.2 cm³/mol. The summed E-state index contributed by atoms with van der Waals surface area (Å²) in [5.41, 5.74) is -1.88. The summed E-state index contributed by atoms with van der Waals surface area (Å²) >= 11 is 0. The summed E-state index contributed by atoms with van der Waals surface area (Å²) in [6.07, 6.45) is -4.60. The minimum atomic E-state index is -4.60. The fourth-order valence-electron chi connectivity index (χ4n) is 1.59. The van der Waals surface area contributed by atoms with E-state index in [0.29, 0.717) is 0 Å². The van der Waals surface area contributed by atoms with Gasteiger partial charge in [0.15, 0.2) is 5.78 Å². The lowest BCUT2D eigenvalue weighted by molar-refractivity contribution is -0.137. The van der Waals surface area contributed by atoms with E-state index < -0.39 is 23.1 Å². The second kappa shape index (κ2) is 5.21. The summed E-state index contributed by atoms with van der Waals surface area (Å²) < 4.78 is 38.6. The third kappa shape index (κ3) is 3.96. The van der Waals surface area contributed by atoms with Crippen molar-refractivity contribution >= 4 is 11.5 Å². The number of anilines is 1. The van der Waals surface area contributed by atoms with Gasteiger partial charge in [0.25, 0.3) is 0 Å². The lowest BCUT2D eigenvalue weighted by Gasteiger charge is -2.25. The molecular formula is C13H16F3NO2. The van der Waals surface area contributed by atoms with Crippen molar-refractivity contribution < 1.29 is 23.1 Å². The Morgan fingerprint density at radius 1 is 1.32 bits per heavy atom. The summed E-state index contributed by atoms with van der Waals surface area (Å²) in [5.74, 6) is -0.639. The molecule has 6 heteroatoms. The highest BCUT2D eigenvalue weighted by Crippen LogP contribution is 2.34. The number of hydrogen-bond acceptors (Lipinski definition) is 3. The maximum atomic E-state index is 12.9. The van der Waals surface area contributed by atoms with Gasteiger partial charge in [0.05, 0.1) is 17.7 Å². The highest BCUT2D eigenvalue weighted by atomic mass is 19.4. The van der Waals surface area contributed by atoms with E-state index in [2.05, 4.69) is 5.32 Å². The monoisotopic (exact) mass is 275 g/mol. The third-order valence-corrected chi connectivity index (χ3v) is 2.58. The second-order valence-corrected chi connectivity index (χ2v) is 4.98. The number of aliphatic hydroxyl groups is 1. The summed E-state index contributed by atoms with van der Waals surface area (Å²) in [5, 5.41) is 11.9. The van der Waals surface area contributed by atoms with E-state index in [1.54, 1.807) is 13.8 Å². The summed E-state index contributed by atoms with van der Waals surface area (Å²) in [7, 11) is 0. The number of halogens is 3. The number of benzene rings is 1. The Kier molecular flexibility index (Phi) is 4.25. The van der Waals surface area contributed by atoms with Crippen LogP contribution in [0.3, 0.4) is 0 Å². The van der Waals surface area contributed by atoms with Gasteiger partial charge >= 0.3 is 6.18 Å². The number of ketones is 1. The number of carbonyl (C=O) groups is 1. The minimum Gasteiger partial charge on any atom is -0.394 e. The van der Waals surface area contributed by atoms with Crippen LogP contribution < -0.4 is 5.32 Å². The molecule has 2 N–H and O–H groups in total. The zero-order chi connectivity index (χ0) is 14.8. The Labute approximate surface area is 109 Å². The summed E-state index contributed by atoms with van der Waals surface area (Å²) in [6.45, 7) is 4.16. The van der Waals surface area contributed by atoms with Gasteiger partial charge in [-0.05, 0) is 39.0 Å². The van der Waals surface area contributed by atoms with E-state index in [1.165, 1.54) is 6.07 Å². The third-order valence-electron chi connectivity index (χ3n) is 2.58. The Hall–Kier alpha value is -1.56. The molecule has 0 fully saturated rings. The fraction of sp³-hybridized carbons (Fsp3) is 0.462. The Bertz CT molecular complexity index is 481. The molecule has 0 bridgehead atoms. The van der Waals surface area contributed by atoms with Crippen molar-refractivity contribution in [1.82, 2.24) is 0 Å². The lowest BCUT2D eigenvalue weighted by Crippen LogP contribution is -2.35. The Morgan fingerprint density at radius 2 is 1.89 bits per heavy atom. The molecule has 0 aliphatic rings. The van der Waals surface area contributed by atoms with Gasteiger partial charge in [-0.1, -0.05) is 0 Å². The molecule has 0 aromatic heterocycles. The predicted octanol–water partition coefficient (Wildman–Crippen LogP) is 3.09. The van der Waals surface area contributed by atoms with Crippen molar-refractivity contribution in [2.75, 3.05) is 11.9 Å². The number of hydrogen-bond donors (Lipinski definition) is 2. The van der Waals surface area contributed by atoms with Crippen molar-refractivity contribution in [2.24, 2.45) is 0 Å². The Morgan fingerprint density at radius 3 is 2.32 bits per heavy atom. The number of carbonyl (C=O) groups excluding carboxylic acids is 1. The van der Waals surface area contributed by atoms with E-state index in [1.807, 2.05) is 0 Å². The summed E-state index contributed by atoms with van der Waals surface area (Å²) in [6, 6.07) is 3.42. The SMILES string of the molecule is CC(=O)c1ccc(NC(C)(C)CO)cc1C(F)(F)F. The number of nitrogens with one attached hydrogen (secondary N) is 1. The van der Waals surface area contributed by atoms with Crippen LogP contribution in [0.2, 0.25) is 0 Å². The zero-order valence-electron chi connectivity index (χ0n) is 10.9. The molecule has 0 saturated carbocycles. The van der Waals surface area contributed by atoms with Crippen LogP contribution in [0.15, 0.2) is 18.2 Å². The fourth-order valence-corrected chi connectivity index (χ4v) is 1.59. The van der Waals surface area contributed by atoms with Gasteiger partial charge in [0, 0.05) is 11.3 Å². The second-order valence-electron chi connectivity index (χ2n) is 4.98. The molecular weight excluding hydrogens is 259 g/mol. The van der Waals surface area contributed by atoms with Gasteiger partial charge in [-0.15, -0.1) is 0 Å². The van der Waals surface area contributed by atoms with Crippen molar-refractivity contribution in [1.29, 1.82) is 0 Å². The number of aliphatic hydroxyl groups excluding tert-OH is 1. The highest BCUT2D eigenvalue weighted by Gasteiger charge is 2.35. The average Bonchev–Trinajstić information content (AvgIpc) is 2.27. The van der Waals surface area contributed by atoms with Crippen LogP contribution in [0.5, 0.6) is 0 Å². The average molecular weight is 275 g/mol. The first-order chi connectivity index (χ1) is 8.57. The van der Waals surface area contributed by atoms with Crippen molar-refractivity contribution in [2.45, 2.75) is 32.5 Å². The zero-order valence-corrected chi connectivity index (χ0v) is 10.9. The van der Waals surface area contributed by atoms with E-state index >= 15 is 0 Å².